The number of nitrogens with one attached hydrogen (secondary N) is 2. The molecule has 0 fully saturated rings. The Bertz CT molecular complexity index is 759. The van der Waals surface area contributed by atoms with E-state index in [0.717, 1.165) is 36.6 Å². The molecule has 2 atom stereocenters. The zero-order valence-electron chi connectivity index (χ0n) is 14.4. The molecule has 0 amide bonds. The summed E-state index contributed by atoms with van der Waals surface area (Å²) in [6, 6.07) is 7.28. The average molecular weight is 363 g/mol. The Labute approximate surface area is 152 Å². The first-order valence-corrected chi connectivity index (χ1v) is 8.76. The fourth-order valence-corrected chi connectivity index (χ4v) is 3.19. The third-order valence-electron chi connectivity index (χ3n) is 4.21. The second-order valence-electron chi connectivity index (χ2n) is 6.10. The first kappa shape index (κ1) is 17.7. The van der Waals surface area contributed by atoms with Gasteiger partial charge in [0.2, 0.25) is 0 Å². The molecule has 3 rings (SSSR count). The second kappa shape index (κ2) is 7.84. The van der Waals surface area contributed by atoms with Gasteiger partial charge in [-0.05, 0) is 37.5 Å². The standard InChI is InChI=1S/C17H23ClN6O/c1-11-21-16-14(7-4-8-24(16)23-11)22-17(19-2)20-10-15(25)12-5-3-6-13(18)9-12/h3,5-6,9,14-15,25H,4,7-8,10H2,1-2H3,(H2,19,20,22). The fraction of sp³-hybridized carbons (Fsp3) is 0.471. The Balaban J connectivity index is 1.60. The molecule has 25 heavy (non-hydrogen) atoms. The van der Waals surface area contributed by atoms with E-state index in [4.69, 9.17) is 11.6 Å². The van der Waals surface area contributed by atoms with E-state index in [0.29, 0.717) is 17.5 Å². The van der Waals surface area contributed by atoms with Crippen LogP contribution >= 0.6 is 11.6 Å². The van der Waals surface area contributed by atoms with Crippen molar-refractivity contribution in [2.45, 2.75) is 38.5 Å². The van der Waals surface area contributed by atoms with Gasteiger partial charge in [0.1, 0.15) is 11.6 Å². The van der Waals surface area contributed by atoms with Crippen molar-refractivity contribution in [1.82, 2.24) is 25.4 Å². The summed E-state index contributed by atoms with van der Waals surface area (Å²) < 4.78 is 1.95. The van der Waals surface area contributed by atoms with Crippen LogP contribution in [0.3, 0.4) is 0 Å². The van der Waals surface area contributed by atoms with E-state index >= 15 is 0 Å². The number of aliphatic hydroxyl groups excluding tert-OH is 1. The predicted molar refractivity (Wildman–Crippen MR) is 97.6 cm³/mol. The average Bonchev–Trinajstić information content (AvgIpc) is 2.99. The van der Waals surface area contributed by atoms with Gasteiger partial charge in [-0.3, -0.25) is 4.99 Å². The van der Waals surface area contributed by atoms with Gasteiger partial charge in [0.25, 0.3) is 0 Å². The van der Waals surface area contributed by atoms with Crippen LogP contribution in [0.25, 0.3) is 0 Å². The monoisotopic (exact) mass is 362 g/mol. The highest BCUT2D eigenvalue weighted by Gasteiger charge is 2.24. The number of rotatable bonds is 4. The van der Waals surface area contributed by atoms with Crippen LogP contribution in [0, 0.1) is 6.92 Å². The number of aryl methyl sites for hydroxylation is 2. The molecule has 7 nitrogen and oxygen atoms in total. The molecule has 0 radical (unpaired) electrons. The van der Waals surface area contributed by atoms with Crippen LogP contribution in [-0.2, 0) is 6.54 Å². The molecule has 1 aromatic carbocycles. The highest BCUT2D eigenvalue weighted by Crippen LogP contribution is 2.23. The first-order chi connectivity index (χ1) is 12.1. The number of aromatic nitrogens is 3. The summed E-state index contributed by atoms with van der Waals surface area (Å²) in [5.74, 6) is 2.34. The maximum absolute atomic E-state index is 10.3. The number of hydrogen-bond donors (Lipinski definition) is 3. The summed E-state index contributed by atoms with van der Waals surface area (Å²) in [7, 11) is 1.71. The van der Waals surface area contributed by atoms with E-state index in [-0.39, 0.29) is 6.04 Å². The number of aliphatic imine (C=N–C) groups is 1. The number of halogens is 1. The van der Waals surface area contributed by atoms with Gasteiger partial charge in [0, 0.05) is 25.2 Å². The lowest BCUT2D eigenvalue weighted by molar-refractivity contribution is 0.180. The van der Waals surface area contributed by atoms with E-state index < -0.39 is 6.10 Å². The van der Waals surface area contributed by atoms with Gasteiger partial charge < -0.3 is 15.7 Å². The van der Waals surface area contributed by atoms with Crippen LogP contribution in [-0.4, -0.2) is 39.4 Å². The smallest absolute Gasteiger partial charge is 0.191 e. The largest absolute Gasteiger partial charge is 0.387 e. The molecule has 2 unspecified atom stereocenters. The van der Waals surface area contributed by atoms with Gasteiger partial charge >= 0.3 is 0 Å². The maximum Gasteiger partial charge on any atom is 0.191 e. The van der Waals surface area contributed by atoms with Gasteiger partial charge in [-0.15, -0.1) is 0 Å². The molecule has 0 spiro atoms. The summed E-state index contributed by atoms with van der Waals surface area (Å²) in [4.78, 5) is 8.76. The Morgan fingerprint density at radius 3 is 3.12 bits per heavy atom. The van der Waals surface area contributed by atoms with Crippen LogP contribution in [0.15, 0.2) is 29.3 Å². The van der Waals surface area contributed by atoms with Crippen LogP contribution in [0.2, 0.25) is 5.02 Å². The minimum absolute atomic E-state index is 0.0597. The summed E-state index contributed by atoms with van der Waals surface area (Å²) >= 11 is 5.97. The predicted octanol–water partition coefficient (Wildman–Crippen LogP) is 1.97. The van der Waals surface area contributed by atoms with E-state index in [9.17, 15) is 5.11 Å². The third-order valence-corrected chi connectivity index (χ3v) is 4.45. The van der Waals surface area contributed by atoms with E-state index in [1.54, 1.807) is 19.2 Å². The van der Waals surface area contributed by atoms with Crippen molar-refractivity contribution < 1.29 is 5.11 Å². The van der Waals surface area contributed by atoms with Crippen LogP contribution in [0.4, 0.5) is 0 Å². The summed E-state index contributed by atoms with van der Waals surface area (Å²) in [5, 5.41) is 21.9. The van der Waals surface area contributed by atoms with Gasteiger partial charge in [-0.2, -0.15) is 5.10 Å². The second-order valence-corrected chi connectivity index (χ2v) is 6.54. The quantitative estimate of drug-likeness (QED) is 0.571. The Morgan fingerprint density at radius 2 is 2.36 bits per heavy atom. The molecule has 8 heteroatoms. The topological polar surface area (TPSA) is 87.4 Å². The lowest BCUT2D eigenvalue weighted by Gasteiger charge is -2.25. The highest BCUT2D eigenvalue weighted by molar-refractivity contribution is 6.30. The molecule has 2 heterocycles. The molecule has 2 aromatic rings. The number of aliphatic hydroxyl groups is 1. The molecular weight excluding hydrogens is 340 g/mol. The number of benzene rings is 1. The zero-order chi connectivity index (χ0) is 17.8. The minimum Gasteiger partial charge on any atom is -0.387 e. The van der Waals surface area contributed by atoms with Crippen LogP contribution in [0.1, 0.15) is 42.2 Å². The third kappa shape index (κ3) is 4.29. The normalized spacial score (nSPS) is 18.6. The molecule has 0 bridgehead atoms. The Morgan fingerprint density at radius 1 is 1.52 bits per heavy atom. The molecule has 0 saturated carbocycles. The molecule has 134 valence electrons. The Hall–Kier alpha value is -2.12. The molecular formula is C17H23ClN6O. The van der Waals surface area contributed by atoms with E-state index in [2.05, 4.69) is 25.7 Å². The van der Waals surface area contributed by atoms with Crippen LogP contribution in [0.5, 0.6) is 0 Å². The first-order valence-electron chi connectivity index (χ1n) is 8.39. The van der Waals surface area contributed by atoms with Crippen molar-refractivity contribution in [3.8, 4) is 0 Å². The lowest BCUT2D eigenvalue weighted by atomic mass is 10.1. The molecule has 3 N–H and O–H groups in total. The van der Waals surface area contributed by atoms with Gasteiger partial charge in [0.15, 0.2) is 5.96 Å². The number of fused-ring (bicyclic) bond motifs is 1. The minimum atomic E-state index is -0.672. The fourth-order valence-electron chi connectivity index (χ4n) is 2.99. The number of nitrogens with zero attached hydrogens (tertiary/aromatic N) is 4. The number of guanidine groups is 1. The van der Waals surface area contributed by atoms with Gasteiger partial charge in [0.05, 0.1) is 12.1 Å². The summed E-state index contributed by atoms with van der Waals surface area (Å²) in [6.45, 7) is 3.13. The maximum atomic E-state index is 10.3. The van der Waals surface area contributed by atoms with Crippen molar-refractivity contribution in [3.63, 3.8) is 0 Å². The molecule has 1 aliphatic heterocycles. The molecule has 1 aliphatic rings. The van der Waals surface area contributed by atoms with Crippen LogP contribution < -0.4 is 10.6 Å². The van der Waals surface area contributed by atoms with Crippen molar-refractivity contribution in [3.05, 3.63) is 46.5 Å². The van der Waals surface area contributed by atoms with Crippen molar-refractivity contribution >= 4 is 17.6 Å². The summed E-state index contributed by atoms with van der Waals surface area (Å²) in [6.07, 6.45) is 1.33. The van der Waals surface area contributed by atoms with Crippen molar-refractivity contribution in [2.75, 3.05) is 13.6 Å². The Kier molecular flexibility index (Phi) is 5.55. The summed E-state index contributed by atoms with van der Waals surface area (Å²) in [5.41, 5.74) is 0.767. The molecule has 0 saturated heterocycles. The van der Waals surface area contributed by atoms with Gasteiger partial charge in [-0.1, -0.05) is 23.7 Å². The van der Waals surface area contributed by atoms with Gasteiger partial charge in [-0.25, -0.2) is 9.67 Å². The zero-order valence-corrected chi connectivity index (χ0v) is 15.2. The molecule has 1 aromatic heterocycles. The number of hydrogen-bond acceptors (Lipinski definition) is 4. The van der Waals surface area contributed by atoms with Crippen molar-refractivity contribution in [2.24, 2.45) is 4.99 Å². The highest BCUT2D eigenvalue weighted by atomic mass is 35.5. The van der Waals surface area contributed by atoms with E-state index in [1.165, 1.54) is 0 Å². The van der Waals surface area contributed by atoms with Crippen molar-refractivity contribution in [1.29, 1.82) is 0 Å². The lowest BCUT2D eigenvalue weighted by Crippen LogP contribution is -2.42. The van der Waals surface area contributed by atoms with E-state index in [1.807, 2.05) is 23.7 Å². The molecule has 0 aliphatic carbocycles. The SMILES string of the molecule is CN=C(NCC(O)c1cccc(Cl)c1)NC1CCCn2nc(C)nc21.